The van der Waals surface area contributed by atoms with Crippen LogP contribution in [0.5, 0.6) is 0 Å². The Morgan fingerprint density at radius 3 is 2.26 bits per heavy atom. The lowest BCUT2D eigenvalue weighted by Crippen LogP contribution is -2.18. The number of aliphatic imine (C=N–C) groups is 1. The van der Waals surface area contributed by atoms with Crippen LogP contribution in [0.2, 0.25) is 0 Å². The van der Waals surface area contributed by atoms with Gasteiger partial charge in [-0.1, -0.05) is 71.3 Å². The molecule has 1 rings (SSSR count). The monoisotopic (exact) mass is 579 g/mol. The second-order valence-electron chi connectivity index (χ2n) is 7.21. The number of benzene rings is 1. The molecule has 0 saturated carbocycles. The maximum absolute atomic E-state index is 13.1. The summed E-state index contributed by atoms with van der Waals surface area (Å²) >= 11 is 8.55. The Morgan fingerprint density at radius 1 is 1.24 bits per heavy atom. The van der Waals surface area contributed by atoms with Crippen LogP contribution >= 0.6 is 40.5 Å². The Morgan fingerprint density at radius 2 is 1.79 bits per heavy atom. The van der Waals surface area contributed by atoms with Crippen molar-refractivity contribution in [3.05, 3.63) is 45.8 Å². The molecule has 1 unspecified atom stereocenters. The first-order valence-electron chi connectivity index (χ1n) is 11.2. The molecule has 0 heterocycles. The van der Waals surface area contributed by atoms with Crippen molar-refractivity contribution in [2.24, 2.45) is 10.9 Å². The molecular formula is C24H39BrFN3O3S2. The van der Waals surface area contributed by atoms with Crippen molar-refractivity contribution in [1.29, 1.82) is 0 Å². The highest BCUT2D eigenvalue weighted by molar-refractivity contribution is 9.12. The van der Waals surface area contributed by atoms with E-state index in [-0.39, 0.29) is 23.5 Å². The number of thioether (sulfide) groups is 1. The van der Waals surface area contributed by atoms with Crippen molar-refractivity contribution in [2.75, 3.05) is 19.4 Å². The van der Waals surface area contributed by atoms with E-state index in [1.54, 1.807) is 25.3 Å². The quantitative estimate of drug-likeness (QED) is 0.0919. The molecule has 0 saturated heterocycles. The van der Waals surface area contributed by atoms with E-state index in [0.717, 1.165) is 23.2 Å². The average molecular weight is 581 g/mol. The van der Waals surface area contributed by atoms with Crippen molar-refractivity contribution in [3.63, 3.8) is 0 Å². The maximum Gasteiger partial charge on any atom is 0.327 e. The Balaban J connectivity index is 0. The zero-order valence-electron chi connectivity index (χ0n) is 21.2. The van der Waals surface area contributed by atoms with Gasteiger partial charge in [-0.15, -0.1) is 0 Å². The highest BCUT2D eigenvalue weighted by Crippen LogP contribution is 2.25. The summed E-state index contributed by atoms with van der Waals surface area (Å²) in [5.41, 5.74) is 1.49. The zero-order valence-corrected chi connectivity index (χ0v) is 24.5. The third kappa shape index (κ3) is 17.1. The van der Waals surface area contributed by atoms with Crippen LogP contribution in [-0.4, -0.2) is 36.8 Å². The van der Waals surface area contributed by atoms with Gasteiger partial charge in [-0.25, -0.2) is 4.39 Å². The van der Waals surface area contributed by atoms with Gasteiger partial charge in [-0.2, -0.15) is 0 Å². The van der Waals surface area contributed by atoms with Gasteiger partial charge in [-0.05, 0) is 65.6 Å². The van der Waals surface area contributed by atoms with Crippen LogP contribution in [0.4, 0.5) is 4.39 Å². The van der Waals surface area contributed by atoms with Crippen molar-refractivity contribution >= 4 is 57.9 Å². The lowest BCUT2D eigenvalue weighted by Gasteiger charge is -2.17. The molecule has 10 heteroatoms. The minimum Gasteiger partial charge on any atom is -0.465 e. The van der Waals surface area contributed by atoms with E-state index < -0.39 is 5.97 Å². The van der Waals surface area contributed by atoms with Gasteiger partial charge in [0.05, 0.1) is 17.4 Å². The van der Waals surface area contributed by atoms with Crippen molar-refractivity contribution < 1.29 is 18.7 Å². The summed E-state index contributed by atoms with van der Waals surface area (Å²) in [5, 5.41) is 2.82. The lowest BCUT2D eigenvalue weighted by molar-refractivity contribution is -0.141. The molecule has 0 bridgehead atoms. The van der Waals surface area contributed by atoms with Crippen LogP contribution < -0.4 is 10.0 Å². The lowest BCUT2D eigenvalue weighted by atomic mass is 10.0. The molecule has 2 N–H and O–H groups in total. The molecule has 0 aliphatic carbocycles. The second-order valence-corrected chi connectivity index (χ2v) is 9.04. The van der Waals surface area contributed by atoms with Crippen LogP contribution in [0.3, 0.4) is 0 Å². The minimum absolute atomic E-state index is 0.112. The molecule has 34 heavy (non-hydrogen) atoms. The van der Waals surface area contributed by atoms with Crippen LogP contribution in [0.25, 0.3) is 0 Å². The first-order valence-corrected chi connectivity index (χ1v) is 13.6. The van der Waals surface area contributed by atoms with Crippen molar-refractivity contribution in [3.8, 4) is 0 Å². The molecule has 0 amide bonds. The fourth-order valence-electron chi connectivity index (χ4n) is 2.20. The summed E-state index contributed by atoms with van der Waals surface area (Å²) in [7, 11) is 0. The normalized spacial score (nSPS) is 12.1. The number of allylic oxidation sites excluding steroid dienone is 1. The summed E-state index contributed by atoms with van der Waals surface area (Å²) in [6.07, 6.45) is 4.11. The largest absolute Gasteiger partial charge is 0.465 e. The van der Waals surface area contributed by atoms with Gasteiger partial charge in [0.25, 0.3) is 0 Å². The molecule has 0 aromatic heterocycles. The molecule has 1 atom stereocenters. The van der Waals surface area contributed by atoms with E-state index in [1.165, 1.54) is 18.5 Å². The fraction of sp³-hybridized carbons (Fsp3) is 0.542. The van der Waals surface area contributed by atoms with Gasteiger partial charge in [0.15, 0.2) is 0 Å². The Kier molecular flexibility index (Phi) is 22.7. The topological polar surface area (TPSA) is 79.8 Å². The number of hydrogen-bond donors (Lipinski definition) is 3. The number of ether oxygens (including phenoxy) is 1. The van der Waals surface area contributed by atoms with Crippen LogP contribution in [0.1, 0.15) is 66.0 Å². The average Bonchev–Trinajstić information content (AvgIpc) is 2.81. The van der Waals surface area contributed by atoms with E-state index in [9.17, 15) is 14.0 Å². The van der Waals surface area contributed by atoms with Gasteiger partial charge < -0.3 is 10.1 Å². The summed E-state index contributed by atoms with van der Waals surface area (Å²) in [5.74, 6) is 0.0935. The summed E-state index contributed by atoms with van der Waals surface area (Å²) < 4.78 is 21.2. The molecule has 1 aromatic rings. The predicted molar refractivity (Wildman–Crippen MR) is 150 cm³/mol. The number of rotatable bonds is 11. The van der Waals surface area contributed by atoms with E-state index in [0.29, 0.717) is 29.6 Å². The number of esters is 1. The number of nitrogens with one attached hydrogen (secondary N) is 2. The summed E-state index contributed by atoms with van der Waals surface area (Å²) in [6, 6.07) is 5.99. The standard InChI is InChI=1S/C18H23BrFN3O3S2.C4H10.C2H6/c1-3-26-16(24)10-21-11-22-15(17(19)18(25)28-2)9-8-14(23-27)12-4-6-13(20)7-5-12;1-4(2)3;1-2/h4-7,11,14,23,27H,3,8-10H2,1-2H3,(H,21,22);4H,1-3H3;1-2H3/b17-15+;;. The Hall–Kier alpha value is -1.36. The smallest absolute Gasteiger partial charge is 0.327 e. The molecule has 0 aliphatic rings. The third-order valence-corrected chi connectivity index (χ3v) is 5.58. The first kappa shape index (κ1) is 34.8. The fourth-order valence-corrected chi connectivity index (χ4v) is 3.58. The van der Waals surface area contributed by atoms with Crippen LogP contribution in [0, 0.1) is 11.7 Å². The van der Waals surface area contributed by atoms with E-state index >= 15 is 0 Å². The maximum atomic E-state index is 13.1. The molecule has 0 fully saturated rings. The first-order chi connectivity index (χ1) is 16.2. The number of hydrogen-bond acceptors (Lipinski definition) is 7. The Labute approximate surface area is 222 Å². The molecular weight excluding hydrogens is 541 g/mol. The van der Waals surface area contributed by atoms with Gasteiger partial charge >= 0.3 is 5.97 Å². The second kappa shape index (κ2) is 22.1. The minimum atomic E-state index is -0.430. The number of nitrogens with zero attached hydrogens (tertiary/aromatic N) is 1. The number of thiol groups is 1. The SMILES string of the molecule is CC.CC(C)C.CCOC(=O)CN=CN/C(CCC(NS)c1ccc(F)cc1)=C(/Br)C(=O)SC. The van der Waals surface area contributed by atoms with Crippen LogP contribution in [-0.2, 0) is 14.3 Å². The molecule has 194 valence electrons. The van der Waals surface area contributed by atoms with E-state index in [2.05, 4.69) is 64.5 Å². The van der Waals surface area contributed by atoms with Crippen molar-refractivity contribution in [1.82, 2.24) is 10.0 Å². The predicted octanol–water partition coefficient (Wildman–Crippen LogP) is 6.45. The number of carbonyl (C=O) groups excluding carboxylic acids is 2. The summed E-state index contributed by atoms with van der Waals surface area (Å²) in [6.45, 7) is 12.4. The van der Waals surface area contributed by atoms with Crippen molar-refractivity contribution in [2.45, 2.75) is 60.4 Å². The summed E-state index contributed by atoms with van der Waals surface area (Å²) in [4.78, 5) is 27.3. The highest BCUT2D eigenvalue weighted by atomic mass is 79.9. The van der Waals surface area contributed by atoms with E-state index in [1.807, 2.05) is 13.8 Å². The molecule has 0 spiro atoms. The van der Waals surface area contributed by atoms with Gasteiger partial charge in [-0.3, -0.25) is 19.3 Å². The molecule has 0 aliphatic heterocycles. The van der Waals surface area contributed by atoms with Crippen LogP contribution in [0.15, 0.2) is 39.4 Å². The molecule has 0 radical (unpaired) electrons. The number of halogens is 2. The molecule has 6 nitrogen and oxygen atoms in total. The Bertz CT molecular complexity index is 758. The third-order valence-electron chi connectivity index (χ3n) is 3.60. The van der Waals surface area contributed by atoms with Gasteiger partial charge in [0.2, 0.25) is 5.12 Å². The zero-order chi connectivity index (χ0) is 26.5. The number of carbonyl (C=O) groups is 2. The highest BCUT2D eigenvalue weighted by Gasteiger charge is 2.15. The van der Waals surface area contributed by atoms with Gasteiger partial charge in [0.1, 0.15) is 12.4 Å². The molecule has 1 aromatic carbocycles. The van der Waals surface area contributed by atoms with Gasteiger partial charge in [0, 0.05) is 11.7 Å². The van der Waals surface area contributed by atoms with E-state index in [4.69, 9.17) is 4.74 Å².